The van der Waals surface area contributed by atoms with E-state index in [-0.39, 0.29) is 51.8 Å². The lowest BCUT2D eigenvalue weighted by Crippen LogP contribution is -2.71. The summed E-state index contributed by atoms with van der Waals surface area (Å²) in [5, 5.41) is 26.5. The molecule has 2 aliphatic heterocycles. The highest BCUT2D eigenvalue weighted by Crippen LogP contribution is 2.42. The third-order valence-corrected chi connectivity index (χ3v) is 10.5. The van der Waals surface area contributed by atoms with Gasteiger partial charge in [-0.2, -0.15) is 0 Å². The van der Waals surface area contributed by atoms with Gasteiger partial charge in [0.1, 0.15) is 34.4 Å². The predicted octanol–water partition coefficient (Wildman–Crippen LogP) is 2.37. The number of oxime groups is 1. The molecule has 0 unspecified atom stereocenters. The number of thioether (sulfide) groups is 2. The number of nitrogens with zero attached hydrogens (tertiary/aromatic N) is 5. The van der Waals surface area contributed by atoms with Crippen molar-refractivity contribution < 1.29 is 43.4 Å². The van der Waals surface area contributed by atoms with E-state index < -0.39 is 41.1 Å². The molecule has 2 aromatic heterocycles. The number of carboxylic acid groups (broad SMARTS) is 1. The maximum Gasteiger partial charge on any atom is 0.352 e. The molecule has 4 heterocycles. The van der Waals surface area contributed by atoms with E-state index in [9.17, 15) is 29.1 Å². The van der Waals surface area contributed by atoms with Gasteiger partial charge in [-0.15, -0.1) is 33.3 Å². The van der Waals surface area contributed by atoms with Crippen molar-refractivity contribution in [2.24, 2.45) is 5.16 Å². The Balaban J connectivity index is 1.28. The second-order valence-corrected chi connectivity index (χ2v) is 13.8. The molecular formula is C27H25N7O9S4. The Hall–Kier alpha value is -4.53. The van der Waals surface area contributed by atoms with Crippen molar-refractivity contribution in [3.63, 3.8) is 0 Å². The number of hydrogen-bond acceptors (Lipinski definition) is 17. The van der Waals surface area contributed by atoms with Crippen LogP contribution in [0.4, 0.5) is 5.13 Å². The number of nitrogen functional groups attached to an aromatic ring is 1. The van der Waals surface area contributed by atoms with Crippen molar-refractivity contribution in [1.82, 2.24) is 25.4 Å². The number of carbonyl (C=O) groups is 5. The van der Waals surface area contributed by atoms with Crippen molar-refractivity contribution >= 4 is 86.8 Å². The van der Waals surface area contributed by atoms with Crippen LogP contribution >= 0.6 is 46.2 Å². The number of hydrogen-bond donors (Lipinski definition) is 3. The maximum absolute atomic E-state index is 13.2. The molecular weight excluding hydrogens is 695 g/mol. The Labute approximate surface area is 282 Å². The van der Waals surface area contributed by atoms with Gasteiger partial charge in [-0.1, -0.05) is 28.3 Å². The fourth-order valence-electron chi connectivity index (χ4n) is 4.38. The molecule has 0 spiro atoms. The number of nitrogens with one attached hydrogen (secondary N) is 1. The topological polar surface area (TPSA) is 226 Å². The number of nitrogens with two attached hydrogens (primary N) is 1. The molecule has 47 heavy (non-hydrogen) atoms. The summed E-state index contributed by atoms with van der Waals surface area (Å²) in [4.78, 5) is 71.9. The number of esters is 2. The van der Waals surface area contributed by atoms with E-state index >= 15 is 0 Å². The van der Waals surface area contributed by atoms with Crippen LogP contribution in [0.25, 0.3) is 10.6 Å². The third-order valence-electron chi connectivity index (χ3n) is 6.28. The van der Waals surface area contributed by atoms with Crippen molar-refractivity contribution in [1.29, 1.82) is 0 Å². The average molecular weight is 720 g/mol. The van der Waals surface area contributed by atoms with Crippen LogP contribution < -0.4 is 20.5 Å². The number of fused-ring (bicyclic) bond motifs is 1. The summed E-state index contributed by atoms with van der Waals surface area (Å²) >= 11 is 4.89. The summed E-state index contributed by atoms with van der Waals surface area (Å²) < 4.78 is 10.8. The van der Waals surface area contributed by atoms with Crippen LogP contribution in [0.2, 0.25) is 0 Å². The highest BCUT2D eigenvalue weighted by molar-refractivity contribution is 8.01. The van der Waals surface area contributed by atoms with Crippen LogP contribution in [0.5, 0.6) is 11.5 Å². The van der Waals surface area contributed by atoms with Crippen molar-refractivity contribution in [3.8, 4) is 22.1 Å². The zero-order valence-corrected chi connectivity index (χ0v) is 28.0. The van der Waals surface area contributed by atoms with Gasteiger partial charge in [-0.25, -0.2) is 9.78 Å². The number of aromatic nitrogens is 3. The first-order valence-electron chi connectivity index (χ1n) is 13.6. The van der Waals surface area contributed by atoms with Gasteiger partial charge in [0.25, 0.3) is 11.8 Å². The molecule has 0 aliphatic carbocycles. The predicted molar refractivity (Wildman–Crippen MR) is 173 cm³/mol. The second kappa shape index (κ2) is 14.5. The normalized spacial score (nSPS) is 17.5. The first-order valence-corrected chi connectivity index (χ1v) is 17.3. The minimum Gasteiger partial charge on any atom is -0.477 e. The third kappa shape index (κ3) is 7.56. The number of carbonyl (C=O) groups excluding carboxylic acids is 4. The van der Waals surface area contributed by atoms with E-state index in [0.717, 1.165) is 11.3 Å². The minimum absolute atomic E-state index is 0.0407. The largest absolute Gasteiger partial charge is 0.477 e. The van der Waals surface area contributed by atoms with Gasteiger partial charge in [0.2, 0.25) is 0 Å². The average Bonchev–Trinajstić information content (AvgIpc) is 3.68. The van der Waals surface area contributed by atoms with Gasteiger partial charge in [-0.3, -0.25) is 24.1 Å². The molecule has 246 valence electrons. The quantitative estimate of drug-likeness (QED) is 0.0610. The first-order chi connectivity index (χ1) is 22.5. The molecule has 4 N–H and O–H groups in total. The number of β-lactam (4-membered cyclic amide) rings is 1. The van der Waals surface area contributed by atoms with Crippen LogP contribution in [0.3, 0.4) is 0 Å². The highest BCUT2D eigenvalue weighted by Gasteiger charge is 2.54. The minimum atomic E-state index is -1.27. The number of rotatable bonds is 12. The molecule has 16 nitrogen and oxygen atoms in total. The van der Waals surface area contributed by atoms with E-state index in [1.165, 1.54) is 71.1 Å². The number of thiazole rings is 1. The maximum atomic E-state index is 13.2. The number of amides is 2. The molecule has 0 saturated carbocycles. The van der Waals surface area contributed by atoms with Gasteiger partial charge in [0.15, 0.2) is 26.7 Å². The lowest BCUT2D eigenvalue weighted by molar-refractivity contribution is -0.150. The summed E-state index contributed by atoms with van der Waals surface area (Å²) in [7, 11) is 0. The Kier molecular flexibility index (Phi) is 10.4. The number of benzene rings is 1. The summed E-state index contributed by atoms with van der Waals surface area (Å²) in [6, 6.07) is 3.62. The van der Waals surface area contributed by atoms with Crippen LogP contribution in [0.15, 0.2) is 44.3 Å². The molecule has 1 fully saturated rings. The fraction of sp³-hybridized carbons (Fsp3) is 0.296. The SMILES string of the molecule is CCON=C(C(=O)N[C@@H]1C(=O)N2C(C(=O)O)=C(CSc3nnc(-c4ccc(OC(C)=O)c(OC(C)=O)c4)s3)CS[C@@H]12)c1csc(N)n1. The molecule has 0 bridgehead atoms. The summed E-state index contributed by atoms with van der Waals surface area (Å²) in [5.74, 6) is -3.15. The van der Waals surface area contributed by atoms with Gasteiger partial charge < -0.3 is 30.5 Å². The summed E-state index contributed by atoms with van der Waals surface area (Å²) in [5.41, 5.74) is 6.63. The standard InChI is InChI=1S/C27H25N7O9S4/c1-4-41-33-18(15-10-45-26(28)29-15)21(37)30-19-23(38)34-20(25(39)40)14(8-44-24(19)34)9-46-27-32-31-22(47-27)13-5-6-16(42-11(2)35)17(7-13)43-12(3)36/h5-7,10,19,24H,4,8-9H2,1-3H3,(H2,28,29)(H,30,37)(H,39,40)/t19-,24+/m1/s1. The summed E-state index contributed by atoms with van der Waals surface area (Å²) in [6.07, 6.45) is 0. The van der Waals surface area contributed by atoms with Crippen LogP contribution in [-0.2, 0) is 28.8 Å². The zero-order valence-electron chi connectivity index (χ0n) is 24.7. The summed E-state index contributed by atoms with van der Waals surface area (Å²) in [6.45, 7) is 4.32. The zero-order chi connectivity index (χ0) is 33.8. The number of anilines is 1. The van der Waals surface area contributed by atoms with Crippen LogP contribution in [0.1, 0.15) is 26.5 Å². The Bertz CT molecular complexity index is 1820. The monoisotopic (exact) mass is 719 g/mol. The molecule has 1 aromatic carbocycles. The molecule has 5 rings (SSSR count). The highest BCUT2D eigenvalue weighted by atomic mass is 32.2. The number of aliphatic carboxylic acids is 1. The van der Waals surface area contributed by atoms with Crippen LogP contribution in [-0.4, -0.2) is 90.2 Å². The van der Waals surface area contributed by atoms with Gasteiger partial charge in [0, 0.05) is 36.3 Å². The van der Waals surface area contributed by atoms with Crippen molar-refractivity contribution in [2.45, 2.75) is 36.5 Å². The smallest absolute Gasteiger partial charge is 0.352 e. The van der Waals surface area contributed by atoms with Gasteiger partial charge in [-0.05, 0) is 30.7 Å². The van der Waals surface area contributed by atoms with E-state index in [1.54, 1.807) is 13.0 Å². The van der Waals surface area contributed by atoms with Gasteiger partial charge >= 0.3 is 17.9 Å². The number of carboxylic acids is 1. The molecule has 20 heteroatoms. The lowest BCUT2D eigenvalue weighted by atomic mass is 10.0. The molecule has 2 aliphatic rings. The van der Waals surface area contributed by atoms with Crippen LogP contribution in [0, 0.1) is 0 Å². The van der Waals surface area contributed by atoms with Gasteiger partial charge in [0.05, 0.1) is 0 Å². The Morgan fingerprint density at radius 3 is 2.57 bits per heavy atom. The van der Waals surface area contributed by atoms with E-state index in [4.69, 9.17) is 20.0 Å². The van der Waals surface area contributed by atoms with E-state index in [0.29, 0.717) is 20.5 Å². The van der Waals surface area contributed by atoms with E-state index in [2.05, 4.69) is 25.7 Å². The second-order valence-electron chi connectivity index (χ2n) is 9.56. The molecule has 2 atom stereocenters. The Morgan fingerprint density at radius 1 is 1.17 bits per heavy atom. The fourth-order valence-corrected chi connectivity index (χ4v) is 8.26. The number of ether oxygens (including phenoxy) is 2. The molecule has 3 aromatic rings. The molecule has 1 saturated heterocycles. The molecule has 0 radical (unpaired) electrons. The van der Waals surface area contributed by atoms with Crippen molar-refractivity contribution in [2.75, 3.05) is 23.8 Å². The van der Waals surface area contributed by atoms with E-state index in [1.807, 2.05) is 0 Å². The first kappa shape index (κ1) is 33.8. The van der Waals surface area contributed by atoms with Crippen molar-refractivity contribution in [3.05, 3.63) is 40.5 Å². The lowest BCUT2D eigenvalue weighted by Gasteiger charge is -2.49. The molecule has 2 amide bonds. The Morgan fingerprint density at radius 2 is 1.91 bits per heavy atom.